The molecule has 0 aliphatic heterocycles. The highest BCUT2D eigenvalue weighted by Gasteiger charge is 2.12. The average Bonchev–Trinajstić information content (AvgIpc) is 2.86. The first-order valence-corrected chi connectivity index (χ1v) is 6.59. The second kappa shape index (κ2) is 5.08. The van der Waals surface area contributed by atoms with E-state index in [9.17, 15) is 0 Å². The largest absolute Gasteiger partial charge is 0.448 e. The molecule has 1 unspecified atom stereocenters. The summed E-state index contributed by atoms with van der Waals surface area (Å²) in [5, 5.41) is 2.84. The number of benzene rings is 2. The molecule has 0 amide bonds. The van der Waals surface area contributed by atoms with Crippen molar-refractivity contribution in [1.29, 1.82) is 0 Å². The highest BCUT2D eigenvalue weighted by Crippen LogP contribution is 2.25. The lowest BCUT2D eigenvalue weighted by Gasteiger charge is -2.11. The normalized spacial score (nSPS) is 12.7. The standard InChI is InChI=1S/C16H14ClNO/c17-16-9-8-15(19-16)14(18)10-12-6-3-5-11-4-1-2-7-13(11)12/h1-9,14H,10,18H2. The summed E-state index contributed by atoms with van der Waals surface area (Å²) in [5.74, 6) is 0.720. The molecule has 96 valence electrons. The van der Waals surface area contributed by atoms with Crippen LogP contribution in [0.25, 0.3) is 10.8 Å². The van der Waals surface area contributed by atoms with Crippen LogP contribution in [0.1, 0.15) is 17.4 Å². The molecular weight excluding hydrogens is 258 g/mol. The van der Waals surface area contributed by atoms with Crippen LogP contribution in [0, 0.1) is 0 Å². The van der Waals surface area contributed by atoms with E-state index in [-0.39, 0.29) is 6.04 Å². The summed E-state index contributed by atoms with van der Waals surface area (Å²) in [6.45, 7) is 0. The van der Waals surface area contributed by atoms with E-state index < -0.39 is 0 Å². The Morgan fingerprint density at radius 2 is 1.79 bits per heavy atom. The van der Waals surface area contributed by atoms with Crippen molar-refractivity contribution in [3.05, 3.63) is 71.1 Å². The predicted molar refractivity (Wildman–Crippen MR) is 78.3 cm³/mol. The Bertz CT molecular complexity index is 699. The summed E-state index contributed by atoms with van der Waals surface area (Å²) in [5.41, 5.74) is 7.40. The minimum Gasteiger partial charge on any atom is -0.448 e. The molecule has 19 heavy (non-hydrogen) atoms. The average molecular weight is 272 g/mol. The number of fused-ring (bicyclic) bond motifs is 1. The molecule has 1 atom stereocenters. The molecular formula is C16H14ClNO. The van der Waals surface area contributed by atoms with Gasteiger partial charge in [-0.25, -0.2) is 0 Å². The molecule has 1 heterocycles. The quantitative estimate of drug-likeness (QED) is 0.770. The van der Waals surface area contributed by atoms with Gasteiger partial charge in [0.1, 0.15) is 5.76 Å². The molecule has 3 rings (SSSR count). The van der Waals surface area contributed by atoms with Gasteiger partial charge in [-0.2, -0.15) is 0 Å². The fraction of sp³-hybridized carbons (Fsp3) is 0.125. The third-order valence-electron chi connectivity index (χ3n) is 3.28. The van der Waals surface area contributed by atoms with Crippen LogP contribution in [0.4, 0.5) is 0 Å². The van der Waals surface area contributed by atoms with Gasteiger partial charge in [0.15, 0.2) is 5.22 Å². The summed E-state index contributed by atoms with van der Waals surface area (Å²) in [6, 6.07) is 17.9. The van der Waals surface area contributed by atoms with Crippen LogP contribution in [0.15, 0.2) is 59.0 Å². The van der Waals surface area contributed by atoms with Crippen molar-refractivity contribution >= 4 is 22.4 Å². The summed E-state index contributed by atoms with van der Waals surface area (Å²) < 4.78 is 5.37. The number of hydrogen-bond acceptors (Lipinski definition) is 2. The van der Waals surface area contributed by atoms with Gasteiger partial charge in [0.25, 0.3) is 0 Å². The maximum Gasteiger partial charge on any atom is 0.193 e. The Morgan fingerprint density at radius 1 is 1.00 bits per heavy atom. The molecule has 0 saturated heterocycles. The van der Waals surface area contributed by atoms with Crippen LogP contribution in [-0.4, -0.2) is 0 Å². The molecule has 2 nitrogen and oxygen atoms in total. The van der Waals surface area contributed by atoms with Crippen LogP contribution in [0.5, 0.6) is 0 Å². The molecule has 0 aliphatic rings. The first-order valence-electron chi connectivity index (χ1n) is 6.21. The molecule has 3 aromatic rings. The van der Waals surface area contributed by atoms with E-state index in [0.717, 1.165) is 12.2 Å². The molecule has 2 N–H and O–H groups in total. The van der Waals surface area contributed by atoms with E-state index in [4.69, 9.17) is 21.8 Å². The lowest BCUT2D eigenvalue weighted by atomic mass is 9.98. The molecule has 2 aromatic carbocycles. The number of nitrogens with two attached hydrogens (primary N) is 1. The van der Waals surface area contributed by atoms with Crippen molar-refractivity contribution < 1.29 is 4.42 Å². The highest BCUT2D eigenvalue weighted by atomic mass is 35.5. The monoisotopic (exact) mass is 271 g/mol. The molecule has 0 bridgehead atoms. The molecule has 0 fully saturated rings. The zero-order chi connectivity index (χ0) is 13.2. The molecule has 3 heteroatoms. The smallest absolute Gasteiger partial charge is 0.193 e. The molecule has 0 radical (unpaired) electrons. The van der Waals surface area contributed by atoms with E-state index in [1.807, 2.05) is 18.2 Å². The van der Waals surface area contributed by atoms with Crippen molar-refractivity contribution in [2.45, 2.75) is 12.5 Å². The summed E-state index contributed by atoms with van der Waals surface area (Å²) in [7, 11) is 0. The van der Waals surface area contributed by atoms with Gasteiger partial charge in [0.2, 0.25) is 0 Å². The zero-order valence-electron chi connectivity index (χ0n) is 10.3. The Morgan fingerprint density at radius 3 is 2.58 bits per heavy atom. The number of halogens is 1. The van der Waals surface area contributed by atoms with Gasteiger partial charge in [-0.3, -0.25) is 0 Å². The maximum atomic E-state index is 6.18. The second-order valence-corrected chi connectivity index (χ2v) is 4.96. The first kappa shape index (κ1) is 12.3. The minimum absolute atomic E-state index is 0.182. The van der Waals surface area contributed by atoms with Gasteiger partial charge in [-0.05, 0) is 46.5 Å². The van der Waals surface area contributed by atoms with Gasteiger partial charge in [0.05, 0.1) is 6.04 Å². The van der Waals surface area contributed by atoms with E-state index in [1.54, 1.807) is 6.07 Å². The van der Waals surface area contributed by atoms with Crippen molar-refractivity contribution in [3.63, 3.8) is 0 Å². The van der Waals surface area contributed by atoms with Gasteiger partial charge in [-0.1, -0.05) is 42.5 Å². The zero-order valence-corrected chi connectivity index (χ0v) is 11.1. The van der Waals surface area contributed by atoms with Crippen molar-refractivity contribution in [3.8, 4) is 0 Å². The fourth-order valence-electron chi connectivity index (χ4n) is 2.34. The molecule has 0 saturated carbocycles. The Hall–Kier alpha value is -1.77. The lowest BCUT2D eigenvalue weighted by Crippen LogP contribution is -2.12. The van der Waals surface area contributed by atoms with E-state index >= 15 is 0 Å². The van der Waals surface area contributed by atoms with Gasteiger partial charge in [-0.15, -0.1) is 0 Å². The van der Waals surface area contributed by atoms with Crippen molar-refractivity contribution in [1.82, 2.24) is 0 Å². The van der Waals surface area contributed by atoms with Crippen molar-refractivity contribution in [2.24, 2.45) is 5.73 Å². The second-order valence-electron chi connectivity index (χ2n) is 4.59. The van der Waals surface area contributed by atoms with Gasteiger partial charge < -0.3 is 10.2 Å². The topological polar surface area (TPSA) is 39.2 Å². The van der Waals surface area contributed by atoms with E-state index in [0.29, 0.717) is 5.22 Å². The highest BCUT2D eigenvalue weighted by molar-refractivity contribution is 6.28. The van der Waals surface area contributed by atoms with Gasteiger partial charge >= 0.3 is 0 Å². The first-order chi connectivity index (χ1) is 9.24. The van der Waals surface area contributed by atoms with Crippen LogP contribution in [0.2, 0.25) is 5.22 Å². The third-order valence-corrected chi connectivity index (χ3v) is 3.48. The lowest BCUT2D eigenvalue weighted by molar-refractivity contribution is 0.466. The van der Waals surface area contributed by atoms with Crippen molar-refractivity contribution in [2.75, 3.05) is 0 Å². The summed E-state index contributed by atoms with van der Waals surface area (Å²) in [6.07, 6.45) is 0.727. The van der Waals surface area contributed by atoms with Gasteiger partial charge in [0, 0.05) is 0 Å². The number of hydrogen-bond donors (Lipinski definition) is 1. The minimum atomic E-state index is -0.182. The summed E-state index contributed by atoms with van der Waals surface area (Å²) >= 11 is 5.78. The fourth-order valence-corrected chi connectivity index (χ4v) is 2.49. The van der Waals surface area contributed by atoms with Crippen LogP contribution in [0.3, 0.4) is 0 Å². The number of rotatable bonds is 3. The van der Waals surface area contributed by atoms with Crippen LogP contribution in [-0.2, 0) is 6.42 Å². The Kier molecular flexibility index (Phi) is 3.28. The number of furan rings is 1. The predicted octanol–water partition coefficient (Wildman–Crippen LogP) is 4.33. The maximum absolute atomic E-state index is 6.18. The molecule has 0 spiro atoms. The van der Waals surface area contributed by atoms with Crippen LogP contribution >= 0.6 is 11.6 Å². The summed E-state index contributed by atoms with van der Waals surface area (Å²) in [4.78, 5) is 0. The Balaban J connectivity index is 1.93. The SMILES string of the molecule is NC(Cc1cccc2ccccc12)c1ccc(Cl)o1. The molecule has 1 aromatic heterocycles. The van der Waals surface area contributed by atoms with E-state index in [2.05, 4.69) is 30.3 Å². The molecule has 0 aliphatic carbocycles. The third kappa shape index (κ3) is 2.50. The van der Waals surface area contributed by atoms with E-state index in [1.165, 1.54) is 16.3 Å². The Labute approximate surface area is 116 Å². The van der Waals surface area contributed by atoms with Crippen LogP contribution < -0.4 is 5.73 Å².